The van der Waals surface area contributed by atoms with Crippen molar-refractivity contribution in [3.8, 4) is 11.6 Å². The molecule has 0 saturated carbocycles. The van der Waals surface area contributed by atoms with Crippen LogP contribution in [0.15, 0.2) is 28.9 Å². The molecule has 2 nitrogen and oxygen atoms in total. The zero-order chi connectivity index (χ0) is 14.0. The van der Waals surface area contributed by atoms with Gasteiger partial charge in [-0.3, -0.25) is 0 Å². The number of aryl methyl sites for hydroxylation is 2. The Labute approximate surface area is 130 Å². The van der Waals surface area contributed by atoms with Crippen molar-refractivity contribution < 1.29 is 4.74 Å². The monoisotopic (exact) mass is 359 g/mol. The number of pyridine rings is 1. The van der Waals surface area contributed by atoms with Crippen molar-refractivity contribution in [3.63, 3.8) is 0 Å². The van der Waals surface area contributed by atoms with E-state index in [-0.39, 0.29) is 0 Å². The topological polar surface area (TPSA) is 22.1 Å². The first-order chi connectivity index (χ1) is 9.01. The zero-order valence-corrected chi connectivity index (χ0v) is 13.6. The fourth-order valence-electron chi connectivity index (χ4n) is 1.73. The van der Waals surface area contributed by atoms with E-state index in [1.54, 1.807) is 6.20 Å². The highest BCUT2D eigenvalue weighted by molar-refractivity contribution is 9.10. The maximum Gasteiger partial charge on any atom is 0.223 e. The minimum absolute atomic E-state index is 0.341. The first kappa shape index (κ1) is 14.6. The first-order valence-corrected chi connectivity index (χ1v) is 7.37. The van der Waals surface area contributed by atoms with Gasteiger partial charge >= 0.3 is 0 Å². The second-order valence-corrected chi connectivity index (χ2v) is 5.79. The second-order valence-electron chi connectivity index (χ2n) is 4.22. The molecule has 0 aliphatic carbocycles. The number of halogens is 3. The van der Waals surface area contributed by atoms with Crippen LogP contribution in [0.1, 0.15) is 16.7 Å². The molecule has 1 heterocycles. The van der Waals surface area contributed by atoms with Crippen LogP contribution >= 0.6 is 39.1 Å². The minimum Gasteiger partial charge on any atom is -0.439 e. The normalized spacial score (nSPS) is 10.6. The molecule has 0 bridgehead atoms. The van der Waals surface area contributed by atoms with E-state index in [4.69, 9.17) is 27.9 Å². The SMILES string of the molecule is Cc1cc(Oc2ncc(Br)cc2CCl)cc(C)c1Cl. The van der Waals surface area contributed by atoms with Crippen molar-refractivity contribution in [2.24, 2.45) is 0 Å². The lowest BCUT2D eigenvalue weighted by Gasteiger charge is -2.11. The van der Waals surface area contributed by atoms with Crippen LogP contribution in [0.25, 0.3) is 0 Å². The number of ether oxygens (including phenoxy) is 1. The summed E-state index contributed by atoms with van der Waals surface area (Å²) < 4.78 is 6.67. The maximum absolute atomic E-state index is 6.13. The summed E-state index contributed by atoms with van der Waals surface area (Å²) in [5.41, 5.74) is 2.78. The third kappa shape index (κ3) is 3.41. The molecule has 2 rings (SSSR count). The van der Waals surface area contributed by atoms with Gasteiger partial charge in [0.25, 0.3) is 0 Å². The summed E-state index contributed by atoms with van der Waals surface area (Å²) in [6.45, 7) is 3.89. The van der Waals surface area contributed by atoms with E-state index in [1.165, 1.54) is 0 Å². The molecule has 0 spiro atoms. The Morgan fingerprint density at radius 3 is 2.42 bits per heavy atom. The highest BCUT2D eigenvalue weighted by Gasteiger charge is 2.09. The molecule has 100 valence electrons. The number of hydrogen-bond acceptors (Lipinski definition) is 2. The first-order valence-electron chi connectivity index (χ1n) is 5.66. The van der Waals surface area contributed by atoms with Gasteiger partial charge in [0.1, 0.15) is 5.75 Å². The van der Waals surface area contributed by atoms with Crippen molar-refractivity contribution in [1.82, 2.24) is 4.98 Å². The number of rotatable bonds is 3. The van der Waals surface area contributed by atoms with E-state index in [9.17, 15) is 0 Å². The van der Waals surface area contributed by atoms with Gasteiger partial charge in [0.2, 0.25) is 5.88 Å². The molecule has 0 aliphatic rings. The number of hydrogen-bond donors (Lipinski definition) is 0. The third-order valence-corrected chi connectivity index (χ3v) is 3.98. The molecule has 5 heteroatoms. The standard InChI is InChI=1S/C14H12BrCl2NO/c1-8-3-12(4-9(2)13(8)17)19-14-10(6-16)5-11(15)7-18-14/h3-5,7H,6H2,1-2H3. The Morgan fingerprint density at radius 1 is 1.21 bits per heavy atom. The maximum atomic E-state index is 6.13. The lowest BCUT2D eigenvalue weighted by Crippen LogP contribution is -1.94. The highest BCUT2D eigenvalue weighted by atomic mass is 79.9. The minimum atomic E-state index is 0.341. The summed E-state index contributed by atoms with van der Waals surface area (Å²) in [5.74, 6) is 1.56. The van der Waals surface area contributed by atoms with Crippen LogP contribution in [-0.4, -0.2) is 4.98 Å². The second kappa shape index (κ2) is 6.12. The number of alkyl halides is 1. The largest absolute Gasteiger partial charge is 0.439 e. The highest BCUT2D eigenvalue weighted by Crippen LogP contribution is 2.31. The summed E-state index contributed by atoms with van der Waals surface area (Å²) in [4.78, 5) is 4.24. The van der Waals surface area contributed by atoms with E-state index in [2.05, 4.69) is 20.9 Å². The lowest BCUT2D eigenvalue weighted by atomic mass is 10.1. The Balaban J connectivity index is 2.36. The summed E-state index contributed by atoms with van der Waals surface area (Å²) in [7, 11) is 0. The van der Waals surface area contributed by atoms with Crippen LogP contribution in [0, 0.1) is 13.8 Å². The fraction of sp³-hybridized carbons (Fsp3) is 0.214. The summed E-state index contributed by atoms with van der Waals surface area (Å²) in [5, 5.41) is 0.758. The van der Waals surface area contributed by atoms with E-state index in [0.717, 1.165) is 26.2 Å². The van der Waals surface area contributed by atoms with Gasteiger partial charge in [-0.05, 0) is 59.1 Å². The van der Waals surface area contributed by atoms with Gasteiger partial charge in [0, 0.05) is 21.3 Å². The van der Waals surface area contributed by atoms with Crippen molar-refractivity contribution >= 4 is 39.1 Å². The number of aromatic nitrogens is 1. The third-order valence-electron chi connectivity index (χ3n) is 2.66. The molecule has 0 saturated heterocycles. The molecule has 0 aliphatic heterocycles. The van der Waals surface area contributed by atoms with Crippen LogP contribution < -0.4 is 4.74 Å². The molecule has 0 atom stereocenters. The van der Waals surface area contributed by atoms with E-state index < -0.39 is 0 Å². The molecule has 0 radical (unpaired) electrons. The lowest BCUT2D eigenvalue weighted by molar-refractivity contribution is 0.457. The van der Waals surface area contributed by atoms with Crippen molar-refractivity contribution in [1.29, 1.82) is 0 Å². The van der Waals surface area contributed by atoms with Crippen LogP contribution in [0.4, 0.5) is 0 Å². The molecule has 0 unspecified atom stereocenters. The molecule has 0 N–H and O–H groups in total. The average Bonchev–Trinajstić information content (AvgIpc) is 2.38. The molecule has 0 amide bonds. The van der Waals surface area contributed by atoms with Gasteiger partial charge < -0.3 is 4.74 Å². The molecular weight excluding hydrogens is 349 g/mol. The molecule has 1 aromatic heterocycles. The van der Waals surface area contributed by atoms with Gasteiger partial charge in [-0.1, -0.05) is 11.6 Å². The predicted octanol–water partition coefficient (Wildman–Crippen LogP) is 5.65. The molecule has 1 aromatic carbocycles. The molecule has 0 fully saturated rings. The summed E-state index contributed by atoms with van der Waals surface area (Å²) >= 11 is 15.4. The smallest absolute Gasteiger partial charge is 0.223 e. The average molecular weight is 361 g/mol. The van der Waals surface area contributed by atoms with Crippen LogP contribution in [0.5, 0.6) is 11.6 Å². The van der Waals surface area contributed by atoms with Crippen molar-refractivity contribution in [2.75, 3.05) is 0 Å². The van der Waals surface area contributed by atoms with Gasteiger partial charge in [0.15, 0.2) is 0 Å². The van der Waals surface area contributed by atoms with E-state index >= 15 is 0 Å². The van der Waals surface area contributed by atoms with Gasteiger partial charge in [-0.15, -0.1) is 11.6 Å². The van der Waals surface area contributed by atoms with Crippen molar-refractivity contribution in [2.45, 2.75) is 19.7 Å². The Kier molecular flexibility index (Phi) is 4.71. The molecule has 19 heavy (non-hydrogen) atoms. The predicted molar refractivity (Wildman–Crippen MR) is 82.5 cm³/mol. The fourth-order valence-corrected chi connectivity index (χ4v) is 2.41. The zero-order valence-electron chi connectivity index (χ0n) is 10.5. The van der Waals surface area contributed by atoms with E-state index in [0.29, 0.717) is 17.5 Å². The Morgan fingerprint density at radius 2 is 1.84 bits per heavy atom. The Hall–Kier alpha value is -0.770. The Bertz CT molecular complexity index is 593. The van der Waals surface area contributed by atoms with Crippen LogP contribution in [0.2, 0.25) is 5.02 Å². The number of nitrogens with zero attached hydrogens (tertiary/aromatic N) is 1. The van der Waals surface area contributed by atoms with Gasteiger partial charge in [0.05, 0.1) is 5.88 Å². The summed E-state index contributed by atoms with van der Waals surface area (Å²) in [6.07, 6.45) is 1.68. The quantitative estimate of drug-likeness (QED) is 0.660. The summed E-state index contributed by atoms with van der Waals surface area (Å²) in [6, 6.07) is 5.67. The molecular formula is C14H12BrCl2NO. The number of benzene rings is 1. The van der Waals surface area contributed by atoms with Gasteiger partial charge in [-0.2, -0.15) is 0 Å². The van der Waals surface area contributed by atoms with Gasteiger partial charge in [-0.25, -0.2) is 4.98 Å². The van der Waals surface area contributed by atoms with Crippen LogP contribution in [0.3, 0.4) is 0 Å². The molecule has 2 aromatic rings. The van der Waals surface area contributed by atoms with E-state index in [1.807, 2.05) is 32.0 Å². The van der Waals surface area contributed by atoms with Crippen LogP contribution in [-0.2, 0) is 5.88 Å². The van der Waals surface area contributed by atoms with Crippen molar-refractivity contribution in [3.05, 3.63) is 50.6 Å².